The predicted molar refractivity (Wildman–Crippen MR) is 83.1 cm³/mol. The molecule has 2 rings (SSSR count). The van der Waals surface area contributed by atoms with Crippen molar-refractivity contribution in [1.29, 1.82) is 0 Å². The summed E-state index contributed by atoms with van der Waals surface area (Å²) in [5.74, 6) is 0. The molecule has 0 spiro atoms. The summed E-state index contributed by atoms with van der Waals surface area (Å²) in [7, 11) is -3.86. The predicted octanol–water partition coefficient (Wildman–Crippen LogP) is 0.769. The Morgan fingerprint density at radius 3 is 2.29 bits per heavy atom. The number of para-hydroxylation sites is 1. The summed E-state index contributed by atoms with van der Waals surface area (Å²) in [5.41, 5.74) is 0.482. The lowest BCUT2D eigenvalue weighted by molar-refractivity contribution is -0.155. The van der Waals surface area contributed by atoms with Crippen LogP contribution in [0, 0.1) is 0 Å². The highest BCUT2D eigenvalue weighted by Gasteiger charge is 2.32. The molecule has 6 nitrogen and oxygen atoms in total. The van der Waals surface area contributed by atoms with Crippen molar-refractivity contribution in [2.75, 3.05) is 37.6 Å². The van der Waals surface area contributed by atoms with E-state index in [0.717, 1.165) is 0 Å². The summed E-state index contributed by atoms with van der Waals surface area (Å²) in [6, 6.07) is 6.34. The van der Waals surface area contributed by atoms with Crippen LogP contribution in [0.15, 0.2) is 29.2 Å². The summed E-state index contributed by atoms with van der Waals surface area (Å²) in [4.78, 5) is 3.58. The Labute approximate surface area is 138 Å². The normalized spacial score (nSPS) is 18.6. The maximum atomic E-state index is 12.2. The molecule has 1 fully saturated rings. The molecule has 0 amide bonds. The highest BCUT2D eigenvalue weighted by Crippen LogP contribution is 2.26. The SMILES string of the molecule is NS(=O)(=O)c1ccccc1N1CCN(C[C@@H](O)CC(F)(F)F)CC1. The van der Waals surface area contributed by atoms with Crippen molar-refractivity contribution < 1.29 is 26.7 Å². The van der Waals surface area contributed by atoms with E-state index in [1.165, 1.54) is 6.07 Å². The van der Waals surface area contributed by atoms with Gasteiger partial charge in [0.1, 0.15) is 4.90 Å². The number of halogens is 3. The summed E-state index contributed by atoms with van der Waals surface area (Å²) in [5, 5.41) is 14.7. The van der Waals surface area contributed by atoms with Crippen LogP contribution >= 0.6 is 0 Å². The number of nitrogens with zero attached hydrogens (tertiary/aromatic N) is 2. The van der Waals surface area contributed by atoms with Crippen LogP contribution in [0.25, 0.3) is 0 Å². The number of piperazine rings is 1. The molecule has 0 saturated carbocycles. The molecule has 0 aliphatic carbocycles. The molecule has 0 radical (unpaired) electrons. The van der Waals surface area contributed by atoms with E-state index in [4.69, 9.17) is 5.14 Å². The zero-order valence-corrected chi connectivity index (χ0v) is 13.7. The number of β-amino-alcohol motifs (C(OH)–C–C–N with tert-alkyl or cyclic N) is 1. The van der Waals surface area contributed by atoms with Gasteiger partial charge in [-0.1, -0.05) is 12.1 Å². The van der Waals surface area contributed by atoms with Crippen LogP contribution in [0.3, 0.4) is 0 Å². The lowest BCUT2D eigenvalue weighted by Gasteiger charge is -2.37. The lowest BCUT2D eigenvalue weighted by Crippen LogP contribution is -2.49. The van der Waals surface area contributed by atoms with Gasteiger partial charge >= 0.3 is 6.18 Å². The topological polar surface area (TPSA) is 86.9 Å². The fourth-order valence-electron chi connectivity index (χ4n) is 2.76. The number of rotatable bonds is 5. The monoisotopic (exact) mass is 367 g/mol. The molecule has 1 saturated heterocycles. The molecule has 136 valence electrons. The molecule has 0 bridgehead atoms. The molecule has 1 aromatic carbocycles. The standard InChI is InChI=1S/C14H20F3N3O3S/c15-14(16,17)9-11(21)10-19-5-7-20(8-6-19)12-3-1-2-4-13(12)24(18,22)23/h1-4,11,21H,5-10H2,(H2,18,22,23)/t11-/m0/s1. The van der Waals surface area contributed by atoms with Crippen LogP contribution < -0.4 is 10.0 Å². The quantitative estimate of drug-likeness (QED) is 0.803. The second-order valence-electron chi connectivity index (χ2n) is 5.77. The van der Waals surface area contributed by atoms with Crippen LogP contribution in [0.2, 0.25) is 0 Å². The first kappa shape index (κ1) is 19.0. The van der Waals surface area contributed by atoms with Crippen LogP contribution in [0.4, 0.5) is 18.9 Å². The maximum Gasteiger partial charge on any atom is 0.391 e. The first-order valence-electron chi connectivity index (χ1n) is 7.40. The molecular formula is C14H20F3N3O3S. The maximum absolute atomic E-state index is 12.2. The summed E-state index contributed by atoms with van der Waals surface area (Å²) in [6.07, 6.45) is -7.09. The number of benzene rings is 1. The molecule has 10 heteroatoms. The van der Waals surface area contributed by atoms with Gasteiger partial charge in [0, 0.05) is 32.7 Å². The number of aliphatic hydroxyl groups excluding tert-OH is 1. The van der Waals surface area contributed by atoms with Gasteiger partial charge in [-0.25, -0.2) is 13.6 Å². The summed E-state index contributed by atoms with van der Waals surface area (Å²) in [6.45, 7) is 1.66. The van der Waals surface area contributed by atoms with Crippen LogP contribution in [-0.4, -0.2) is 63.4 Å². The number of hydrogen-bond donors (Lipinski definition) is 2. The molecule has 1 aliphatic heterocycles. The van der Waals surface area contributed by atoms with E-state index >= 15 is 0 Å². The Bertz CT molecular complexity index is 659. The van der Waals surface area contributed by atoms with E-state index in [9.17, 15) is 26.7 Å². The van der Waals surface area contributed by atoms with E-state index in [2.05, 4.69) is 0 Å². The Morgan fingerprint density at radius 2 is 1.75 bits per heavy atom. The minimum absolute atomic E-state index is 0.0237. The third-order valence-electron chi connectivity index (χ3n) is 3.82. The van der Waals surface area contributed by atoms with E-state index in [-0.39, 0.29) is 11.4 Å². The highest BCUT2D eigenvalue weighted by atomic mass is 32.2. The van der Waals surface area contributed by atoms with Gasteiger partial charge in [-0.05, 0) is 12.1 Å². The number of sulfonamides is 1. The number of hydrogen-bond acceptors (Lipinski definition) is 5. The third-order valence-corrected chi connectivity index (χ3v) is 4.78. The van der Waals surface area contributed by atoms with Crippen LogP contribution in [0.5, 0.6) is 0 Å². The fraction of sp³-hybridized carbons (Fsp3) is 0.571. The van der Waals surface area contributed by atoms with E-state index in [1.54, 1.807) is 23.1 Å². The number of primary sulfonamides is 1. The Morgan fingerprint density at radius 1 is 1.17 bits per heavy atom. The van der Waals surface area contributed by atoms with Crippen molar-refractivity contribution >= 4 is 15.7 Å². The molecule has 0 unspecified atom stereocenters. The second-order valence-corrected chi connectivity index (χ2v) is 7.30. The third kappa shape index (κ3) is 5.33. The van der Waals surface area contributed by atoms with Crippen molar-refractivity contribution in [1.82, 2.24) is 4.90 Å². The zero-order chi connectivity index (χ0) is 18.0. The first-order chi connectivity index (χ1) is 11.1. The van der Waals surface area contributed by atoms with Gasteiger partial charge in [-0.2, -0.15) is 13.2 Å². The fourth-order valence-corrected chi connectivity index (χ4v) is 3.52. The van der Waals surface area contributed by atoms with Crippen molar-refractivity contribution in [3.8, 4) is 0 Å². The molecule has 24 heavy (non-hydrogen) atoms. The molecule has 1 heterocycles. The summed E-state index contributed by atoms with van der Waals surface area (Å²) >= 11 is 0. The Balaban J connectivity index is 1.97. The van der Waals surface area contributed by atoms with Gasteiger partial charge in [0.15, 0.2) is 0 Å². The van der Waals surface area contributed by atoms with Crippen molar-refractivity contribution in [3.63, 3.8) is 0 Å². The van der Waals surface area contributed by atoms with Gasteiger partial charge in [0.2, 0.25) is 10.0 Å². The lowest BCUT2D eigenvalue weighted by atomic mass is 10.2. The molecule has 3 N–H and O–H groups in total. The van der Waals surface area contributed by atoms with E-state index < -0.39 is 28.7 Å². The van der Waals surface area contributed by atoms with Crippen LogP contribution in [0.1, 0.15) is 6.42 Å². The average Bonchev–Trinajstić information content (AvgIpc) is 2.45. The van der Waals surface area contributed by atoms with Crippen LogP contribution in [-0.2, 0) is 10.0 Å². The largest absolute Gasteiger partial charge is 0.391 e. The minimum atomic E-state index is -4.39. The first-order valence-corrected chi connectivity index (χ1v) is 8.95. The Kier molecular flexibility index (Phi) is 5.74. The van der Waals surface area contributed by atoms with Gasteiger partial charge in [0.05, 0.1) is 18.2 Å². The van der Waals surface area contributed by atoms with E-state index in [1.807, 2.05) is 4.90 Å². The van der Waals surface area contributed by atoms with Crippen molar-refractivity contribution in [3.05, 3.63) is 24.3 Å². The average molecular weight is 367 g/mol. The molecule has 1 aromatic rings. The molecule has 1 aliphatic rings. The Hall–Kier alpha value is -1.36. The van der Waals surface area contributed by atoms with Gasteiger partial charge < -0.3 is 10.0 Å². The number of nitrogens with two attached hydrogens (primary N) is 1. The number of aliphatic hydroxyl groups is 1. The second kappa shape index (κ2) is 7.26. The summed E-state index contributed by atoms with van der Waals surface area (Å²) < 4.78 is 60.0. The molecule has 1 atom stereocenters. The number of alkyl halides is 3. The number of anilines is 1. The van der Waals surface area contributed by atoms with E-state index in [0.29, 0.717) is 31.9 Å². The highest BCUT2D eigenvalue weighted by molar-refractivity contribution is 7.89. The minimum Gasteiger partial charge on any atom is -0.391 e. The van der Waals surface area contributed by atoms with Crippen molar-refractivity contribution in [2.24, 2.45) is 5.14 Å². The smallest absolute Gasteiger partial charge is 0.391 e. The van der Waals surface area contributed by atoms with Crippen molar-refractivity contribution in [2.45, 2.75) is 23.6 Å². The molecule has 0 aromatic heterocycles. The zero-order valence-electron chi connectivity index (χ0n) is 12.9. The molecular weight excluding hydrogens is 347 g/mol. The van der Waals surface area contributed by atoms with Gasteiger partial charge in [-0.15, -0.1) is 0 Å². The van der Waals surface area contributed by atoms with Gasteiger partial charge in [-0.3, -0.25) is 4.90 Å². The van der Waals surface area contributed by atoms with Gasteiger partial charge in [0.25, 0.3) is 0 Å².